The fourth-order valence-corrected chi connectivity index (χ4v) is 2.01. The monoisotopic (exact) mass is 269 g/mol. The Bertz CT molecular complexity index is 623. The molecule has 0 aliphatic rings. The van der Waals surface area contributed by atoms with Crippen molar-refractivity contribution in [2.24, 2.45) is 0 Å². The van der Waals surface area contributed by atoms with Crippen LogP contribution in [0.2, 0.25) is 0 Å². The molecule has 0 saturated carbocycles. The number of benzene rings is 1. The van der Waals surface area contributed by atoms with E-state index in [-0.39, 0.29) is 5.91 Å². The Hall–Kier alpha value is -2.36. The molecule has 2 N–H and O–H groups in total. The summed E-state index contributed by atoms with van der Waals surface area (Å²) in [5.41, 5.74) is 4.19. The van der Waals surface area contributed by atoms with E-state index in [0.717, 1.165) is 29.2 Å². The third-order valence-electron chi connectivity index (χ3n) is 2.94. The van der Waals surface area contributed by atoms with Crippen LogP contribution < -0.4 is 10.6 Å². The van der Waals surface area contributed by atoms with Gasteiger partial charge in [-0.3, -0.25) is 9.78 Å². The van der Waals surface area contributed by atoms with Gasteiger partial charge in [-0.1, -0.05) is 11.6 Å². The van der Waals surface area contributed by atoms with Crippen LogP contribution in [0.5, 0.6) is 0 Å². The van der Waals surface area contributed by atoms with Crippen LogP contribution in [0, 0.1) is 13.8 Å². The van der Waals surface area contributed by atoms with Gasteiger partial charge >= 0.3 is 0 Å². The van der Waals surface area contributed by atoms with Gasteiger partial charge in [0.15, 0.2) is 0 Å². The summed E-state index contributed by atoms with van der Waals surface area (Å²) in [6, 6.07) is 9.45. The highest BCUT2D eigenvalue weighted by Crippen LogP contribution is 2.19. The van der Waals surface area contributed by atoms with Crippen molar-refractivity contribution >= 4 is 17.3 Å². The fourth-order valence-electron chi connectivity index (χ4n) is 2.01. The number of hydrogen-bond acceptors (Lipinski definition) is 3. The zero-order valence-electron chi connectivity index (χ0n) is 12.0. The molecular weight excluding hydrogens is 250 g/mol. The minimum absolute atomic E-state index is 0.116. The number of hydrogen-bond donors (Lipinski definition) is 2. The van der Waals surface area contributed by atoms with Gasteiger partial charge in [0.1, 0.15) is 0 Å². The fraction of sp³-hybridized carbons (Fsp3) is 0.250. The zero-order valence-corrected chi connectivity index (χ0v) is 12.0. The molecule has 0 aliphatic heterocycles. The van der Waals surface area contributed by atoms with Crippen LogP contribution in [-0.4, -0.2) is 17.4 Å². The van der Waals surface area contributed by atoms with Crippen molar-refractivity contribution in [2.45, 2.75) is 20.8 Å². The van der Waals surface area contributed by atoms with Gasteiger partial charge in [-0.05, 0) is 45.0 Å². The van der Waals surface area contributed by atoms with Crippen molar-refractivity contribution in [1.29, 1.82) is 0 Å². The number of aryl methyl sites for hydroxylation is 2. The van der Waals surface area contributed by atoms with Crippen molar-refractivity contribution in [3.8, 4) is 0 Å². The van der Waals surface area contributed by atoms with E-state index >= 15 is 0 Å². The van der Waals surface area contributed by atoms with Crippen LogP contribution in [0.4, 0.5) is 11.4 Å². The molecule has 0 unspecified atom stereocenters. The minimum Gasteiger partial charge on any atom is -0.385 e. The van der Waals surface area contributed by atoms with Gasteiger partial charge in [0.05, 0.1) is 5.56 Å². The second-order valence-corrected chi connectivity index (χ2v) is 4.72. The lowest BCUT2D eigenvalue weighted by molar-refractivity contribution is 0.102. The lowest BCUT2D eigenvalue weighted by atomic mass is 10.1. The van der Waals surface area contributed by atoms with Crippen molar-refractivity contribution < 1.29 is 4.79 Å². The van der Waals surface area contributed by atoms with Gasteiger partial charge in [-0.25, -0.2) is 0 Å². The molecule has 0 bridgehead atoms. The smallest absolute Gasteiger partial charge is 0.257 e. The summed E-state index contributed by atoms with van der Waals surface area (Å²) in [4.78, 5) is 16.5. The molecule has 4 nitrogen and oxygen atoms in total. The normalized spacial score (nSPS) is 10.2. The Kier molecular flexibility index (Phi) is 4.35. The Labute approximate surface area is 119 Å². The molecule has 2 aromatic rings. The topological polar surface area (TPSA) is 54.0 Å². The van der Waals surface area contributed by atoms with Gasteiger partial charge in [0.25, 0.3) is 5.91 Å². The molecule has 0 aliphatic carbocycles. The predicted molar refractivity (Wildman–Crippen MR) is 82.3 cm³/mol. The summed E-state index contributed by atoms with van der Waals surface area (Å²) >= 11 is 0. The Morgan fingerprint density at radius 1 is 1.20 bits per heavy atom. The van der Waals surface area contributed by atoms with E-state index < -0.39 is 0 Å². The number of nitrogens with one attached hydrogen (secondary N) is 2. The van der Waals surface area contributed by atoms with E-state index in [1.165, 1.54) is 0 Å². The van der Waals surface area contributed by atoms with E-state index in [2.05, 4.69) is 15.6 Å². The van der Waals surface area contributed by atoms with Crippen LogP contribution in [0.3, 0.4) is 0 Å². The second-order valence-electron chi connectivity index (χ2n) is 4.72. The van der Waals surface area contributed by atoms with E-state index in [0.29, 0.717) is 5.56 Å². The Morgan fingerprint density at radius 3 is 2.70 bits per heavy atom. The van der Waals surface area contributed by atoms with Crippen LogP contribution in [0.1, 0.15) is 28.5 Å². The molecule has 0 fully saturated rings. The highest BCUT2D eigenvalue weighted by atomic mass is 16.1. The van der Waals surface area contributed by atoms with Gasteiger partial charge in [0.2, 0.25) is 0 Å². The molecule has 2 rings (SSSR count). The van der Waals surface area contributed by atoms with Gasteiger partial charge < -0.3 is 10.6 Å². The summed E-state index contributed by atoms with van der Waals surface area (Å²) in [7, 11) is 0. The zero-order chi connectivity index (χ0) is 14.5. The standard InChI is InChI=1S/C16H19N3O/c1-4-17-15-6-5-11(2)9-14(15)16(20)19-13-7-8-18-12(3)10-13/h5-10,17H,4H2,1-3H3,(H,18,19,20). The number of carbonyl (C=O) groups is 1. The molecule has 1 aromatic carbocycles. The highest BCUT2D eigenvalue weighted by Gasteiger charge is 2.11. The van der Waals surface area contributed by atoms with Crippen LogP contribution >= 0.6 is 0 Å². The number of pyridine rings is 1. The SMILES string of the molecule is CCNc1ccc(C)cc1C(=O)Nc1ccnc(C)c1. The molecular formula is C16H19N3O. The molecule has 1 amide bonds. The molecule has 1 aromatic heterocycles. The first-order valence-corrected chi connectivity index (χ1v) is 6.68. The van der Waals surface area contributed by atoms with Crippen LogP contribution in [0.25, 0.3) is 0 Å². The molecule has 104 valence electrons. The molecule has 4 heteroatoms. The summed E-state index contributed by atoms with van der Waals surface area (Å²) in [5.74, 6) is -0.116. The van der Waals surface area contributed by atoms with E-state index in [1.807, 2.05) is 45.0 Å². The summed E-state index contributed by atoms with van der Waals surface area (Å²) in [5, 5.41) is 6.11. The molecule has 1 heterocycles. The minimum atomic E-state index is -0.116. The van der Waals surface area contributed by atoms with Crippen LogP contribution in [0.15, 0.2) is 36.5 Å². The number of anilines is 2. The average Bonchev–Trinajstić information content (AvgIpc) is 2.41. The first-order valence-electron chi connectivity index (χ1n) is 6.68. The summed E-state index contributed by atoms with van der Waals surface area (Å²) < 4.78 is 0. The average molecular weight is 269 g/mol. The number of amides is 1. The highest BCUT2D eigenvalue weighted by molar-refractivity contribution is 6.08. The first-order chi connectivity index (χ1) is 9.60. The summed E-state index contributed by atoms with van der Waals surface area (Å²) in [6.07, 6.45) is 1.69. The third kappa shape index (κ3) is 3.35. The van der Waals surface area contributed by atoms with Crippen LogP contribution in [-0.2, 0) is 0 Å². The number of rotatable bonds is 4. The van der Waals surface area contributed by atoms with E-state index in [1.54, 1.807) is 12.3 Å². The maximum absolute atomic E-state index is 12.4. The predicted octanol–water partition coefficient (Wildman–Crippen LogP) is 3.38. The molecule has 0 spiro atoms. The molecule has 20 heavy (non-hydrogen) atoms. The van der Waals surface area contributed by atoms with E-state index in [4.69, 9.17) is 0 Å². The van der Waals surface area contributed by atoms with Crippen molar-refractivity contribution in [2.75, 3.05) is 17.2 Å². The Morgan fingerprint density at radius 2 is 2.00 bits per heavy atom. The molecule has 0 saturated heterocycles. The number of nitrogens with zero attached hydrogens (tertiary/aromatic N) is 1. The lowest BCUT2D eigenvalue weighted by Gasteiger charge is -2.12. The largest absolute Gasteiger partial charge is 0.385 e. The third-order valence-corrected chi connectivity index (χ3v) is 2.94. The number of carbonyl (C=O) groups excluding carboxylic acids is 1. The van der Waals surface area contributed by atoms with Crippen molar-refractivity contribution in [1.82, 2.24) is 4.98 Å². The summed E-state index contributed by atoms with van der Waals surface area (Å²) in [6.45, 7) is 6.65. The lowest BCUT2D eigenvalue weighted by Crippen LogP contribution is -2.15. The second kappa shape index (κ2) is 6.19. The van der Waals surface area contributed by atoms with E-state index in [9.17, 15) is 4.79 Å². The van der Waals surface area contributed by atoms with Crippen molar-refractivity contribution in [3.05, 3.63) is 53.3 Å². The Balaban J connectivity index is 2.26. The van der Waals surface area contributed by atoms with Gasteiger partial charge in [-0.2, -0.15) is 0 Å². The first kappa shape index (κ1) is 14.1. The van der Waals surface area contributed by atoms with Gasteiger partial charge in [0, 0.05) is 29.8 Å². The molecule has 0 radical (unpaired) electrons. The molecule has 0 atom stereocenters. The maximum atomic E-state index is 12.4. The maximum Gasteiger partial charge on any atom is 0.257 e. The van der Waals surface area contributed by atoms with Gasteiger partial charge in [-0.15, -0.1) is 0 Å². The van der Waals surface area contributed by atoms with Crippen molar-refractivity contribution in [3.63, 3.8) is 0 Å². The number of aromatic nitrogens is 1. The quantitative estimate of drug-likeness (QED) is 0.894.